The molecule has 2 aromatic carbocycles. The van der Waals surface area contributed by atoms with Crippen molar-refractivity contribution in [2.24, 2.45) is 10.9 Å². The molecule has 0 amide bonds. The summed E-state index contributed by atoms with van der Waals surface area (Å²) in [6.07, 6.45) is 3.33. The van der Waals surface area contributed by atoms with E-state index in [4.69, 9.17) is 19.2 Å². The second kappa shape index (κ2) is 12.1. The van der Waals surface area contributed by atoms with Crippen molar-refractivity contribution in [2.45, 2.75) is 39.5 Å². The van der Waals surface area contributed by atoms with Gasteiger partial charge in [-0.05, 0) is 69.5 Å². The first-order valence-electron chi connectivity index (χ1n) is 13.0. The number of carbonyl (C=O) groups excluding carboxylic acids is 1. The van der Waals surface area contributed by atoms with Crippen LogP contribution in [0.1, 0.15) is 44.2 Å². The molecule has 0 unspecified atom stereocenters. The molecule has 3 aromatic rings. The summed E-state index contributed by atoms with van der Waals surface area (Å²) in [4.78, 5) is 22.3. The molecule has 0 aliphatic carbocycles. The smallest absolute Gasteiger partial charge is 0.309 e. The molecule has 1 saturated heterocycles. The molecule has 0 bridgehead atoms. The number of hydrogen-bond donors (Lipinski definition) is 2. The molecule has 0 atom stereocenters. The van der Waals surface area contributed by atoms with Crippen LogP contribution in [-0.2, 0) is 16.0 Å². The molecule has 0 radical (unpaired) electrons. The van der Waals surface area contributed by atoms with E-state index in [9.17, 15) is 9.90 Å². The van der Waals surface area contributed by atoms with Gasteiger partial charge in [0.2, 0.25) is 0 Å². The van der Waals surface area contributed by atoms with Gasteiger partial charge >= 0.3 is 5.97 Å². The molecule has 1 aromatic heterocycles. The Hall–Kier alpha value is -3.52. The lowest BCUT2D eigenvalue weighted by Crippen LogP contribution is -2.38. The van der Waals surface area contributed by atoms with Crippen LogP contribution in [0.4, 0.5) is 5.69 Å². The van der Waals surface area contributed by atoms with Crippen molar-refractivity contribution in [1.29, 1.82) is 0 Å². The van der Waals surface area contributed by atoms with Crippen molar-refractivity contribution in [3.05, 3.63) is 47.5 Å². The molecule has 1 aliphatic heterocycles. The summed E-state index contributed by atoms with van der Waals surface area (Å²) >= 11 is 0. The van der Waals surface area contributed by atoms with Gasteiger partial charge in [0.15, 0.2) is 17.4 Å². The van der Waals surface area contributed by atoms with E-state index in [2.05, 4.69) is 22.0 Å². The summed E-state index contributed by atoms with van der Waals surface area (Å²) in [5.41, 5.74) is 4.30. The topological polar surface area (TPSA) is 96.4 Å². The second-order valence-corrected chi connectivity index (χ2v) is 9.30. The fourth-order valence-corrected chi connectivity index (χ4v) is 4.94. The molecule has 2 heterocycles. The molecular weight excluding hydrogens is 470 g/mol. The third kappa shape index (κ3) is 6.07. The molecule has 8 heteroatoms. The van der Waals surface area contributed by atoms with E-state index in [1.807, 2.05) is 38.1 Å². The van der Waals surface area contributed by atoms with E-state index in [-0.39, 0.29) is 17.8 Å². The first-order chi connectivity index (χ1) is 18.0. The second-order valence-electron chi connectivity index (χ2n) is 9.30. The quantitative estimate of drug-likeness (QED) is 0.288. The lowest BCUT2D eigenvalue weighted by Gasteiger charge is -2.30. The van der Waals surface area contributed by atoms with Crippen LogP contribution in [0.15, 0.2) is 41.4 Å². The summed E-state index contributed by atoms with van der Waals surface area (Å²) < 4.78 is 16.0. The van der Waals surface area contributed by atoms with Crippen molar-refractivity contribution in [3.63, 3.8) is 0 Å². The molecule has 2 N–H and O–H groups in total. The first-order valence-corrected chi connectivity index (χ1v) is 13.0. The SMILES string of the molecule is CCOC(=O)C1CCN(CCc2ccc(N=C(CC)c3c(O)[nH]c4cc(OC)c(OC)cc34)cc2)CC1. The van der Waals surface area contributed by atoms with Gasteiger partial charge in [-0.1, -0.05) is 19.1 Å². The van der Waals surface area contributed by atoms with Crippen molar-refractivity contribution >= 4 is 28.3 Å². The number of nitrogens with zero attached hydrogens (tertiary/aromatic N) is 2. The van der Waals surface area contributed by atoms with Gasteiger partial charge in [0.05, 0.1) is 49.2 Å². The number of methoxy groups -OCH3 is 2. The lowest BCUT2D eigenvalue weighted by atomic mass is 9.96. The Labute approximate surface area is 218 Å². The van der Waals surface area contributed by atoms with Gasteiger partial charge in [-0.3, -0.25) is 9.79 Å². The van der Waals surface area contributed by atoms with Gasteiger partial charge < -0.3 is 29.2 Å². The molecule has 4 rings (SSSR count). The number of carbonyl (C=O) groups is 1. The number of benzene rings is 2. The lowest BCUT2D eigenvalue weighted by molar-refractivity contribution is -0.149. The number of fused-ring (bicyclic) bond motifs is 1. The van der Waals surface area contributed by atoms with Crippen LogP contribution in [0.3, 0.4) is 0 Å². The number of H-pyrrole nitrogens is 1. The standard InChI is InChI=1S/C29H37N3O5/c1-5-23(27-22-17-25(35-3)26(36-4)18-24(22)31-28(27)33)30-21-9-7-19(8-10-21)11-14-32-15-12-20(13-16-32)29(34)37-6-2/h7-10,17-18,20,31,33H,5-6,11-16H2,1-4H3. The van der Waals surface area contributed by atoms with Crippen molar-refractivity contribution < 1.29 is 24.1 Å². The first kappa shape index (κ1) is 26.5. The van der Waals surface area contributed by atoms with Gasteiger partial charge in [-0.15, -0.1) is 0 Å². The normalized spacial score (nSPS) is 15.2. The highest BCUT2D eigenvalue weighted by atomic mass is 16.5. The van der Waals surface area contributed by atoms with Crippen LogP contribution in [0.2, 0.25) is 0 Å². The van der Waals surface area contributed by atoms with Gasteiger partial charge in [-0.25, -0.2) is 0 Å². The maximum absolute atomic E-state index is 11.9. The summed E-state index contributed by atoms with van der Waals surface area (Å²) in [5.74, 6) is 1.26. The highest BCUT2D eigenvalue weighted by Gasteiger charge is 2.25. The van der Waals surface area contributed by atoms with E-state index in [1.165, 1.54) is 5.56 Å². The summed E-state index contributed by atoms with van der Waals surface area (Å²) in [7, 11) is 3.18. The van der Waals surface area contributed by atoms with Gasteiger partial charge in [-0.2, -0.15) is 0 Å². The predicted octanol–water partition coefficient (Wildman–Crippen LogP) is 5.24. The van der Waals surface area contributed by atoms with Crippen molar-refractivity contribution in [1.82, 2.24) is 9.88 Å². The number of nitrogens with one attached hydrogen (secondary N) is 1. The number of aromatic amines is 1. The highest BCUT2D eigenvalue weighted by molar-refractivity contribution is 6.14. The largest absolute Gasteiger partial charge is 0.494 e. The van der Waals surface area contributed by atoms with Gasteiger partial charge in [0.25, 0.3) is 0 Å². The highest BCUT2D eigenvalue weighted by Crippen LogP contribution is 2.37. The maximum atomic E-state index is 11.9. The average Bonchev–Trinajstić information content (AvgIpc) is 3.25. The summed E-state index contributed by atoms with van der Waals surface area (Å²) in [6.45, 7) is 7.15. The van der Waals surface area contributed by atoms with Crippen molar-refractivity contribution in [2.75, 3.05) is 40.5 Å². The van der Waals surface area contributed by atoms with E-state index >= 15 is 0 Å². The number of piperidine rings is 1. The van der Waals surface area contributed by atoms with E-state index in [1.54, 1.807) is 14.2 Å². The molecule has 198 valence electrons. The number of rotatable bonds is 10. The van der Waals surface area contributed by atoms with Crippen LogP contribution in [0, 0.1) is 5.92 Å². The number of ether oxygens (including phenoxy) is 3. The molecular formula is C29H37N3O5. The summed E-state index contributed by atoms with van der Waals surface area (Å²) in [6, 6.07) is 11.9. The number of hydrogen-bond acceptors (Lipinski definition) is 7. The zero-order valence-electron chi connectivity index (χ0n) is 22.2. The van der Waals surface area contributed by atoms with Crippen LogP contribution in [0.5, 0.6) is 17.4 Å². The van der Waals surface area contributed by atoms with E-state index in [0.717, 1.165) is 61.2 Å². The van der Waals surface area contributed by atoms with Gasteiger partial charge in [0.1, 0.15) is 0 Å². The number of aromatic hydroxyl groups is 1. The van der Waals surface area contributed by atoms with Crippen LogP contribution >= 0.6 is 0 Å². The Morgan fingerprint density at radius 1 is 1.08 bits per heavy atom. The zero-order valence-corrected chi connectivity index (χ0v) is 22.2. The Balaban J connectivity index is 1.43. The number of esters is 1. The Bertz CT molecular complexity index is 1240. The molecule has 8 nitrogen and oxygen atoms in total. The van der Waals surface area contributed by atoms with Crippen LogP contribution < -0.4 is 9.47 Å². The molecule has 0 spiro atoms. The Morgan fingerprint density at radius 2 is 1.76 bits per heavy atom. The Kier molecular flexibility index (Phi) is 8.71. The summed E-state index contributed by atoms with van der Waals surface area (Å²) in [5, 5.41) is 11.5. The Morgan fingerprint density at radius 3 is 2.38 bits per heavy atom. The minimum atomic E-state index is -0.0513. The molecule has 37 heavy (non-hydrogen) atoms. The van der Waals surface area contributed by atoms with Crippen LogP contribution in [-0.4, -0.2) is 67.1 Å². The fraction of sp³-hybridized carbons (Fsp3) is 0.448. The average molecular weight is 508 g/mol. The minimum absolute atomic E-state index is 0.0424. The monoisotopic (exact) mass is 507 g/mol. The molecule has 0 saturated carbocycles. The third-order valence-electron chi connectivity index (χ3n) is 7.03. The molecule has 1 aliphatic rings. The van der Waals surface area contributed by atoms with Crippen molar-refractivity contribution in [3.8, 4) is 17.4 Å². The molecule has 1 fully saturated rings. The maximum Gasteiger partial charge on any atom is 0.309 e. The van der Waals surface area contributed by atoms with Gasteiger partial charge in [0, 0.05) is 18.0 Å². The number of likely N-dealkylation sites (tertiary alicyclic amines) is 1. The van der Waals surface area contributed by atoms with E-state index < -0.39 is 0 Å². The zero-order chi connectivity index (χ0) is 26.4. The van der Waals surface area contributed by atoms with Crippen LogP contribution in [0.25, 0.3) is 10.9 Å². The number of aliphatic imine (C=N–C) groups is 1. The number of aromatic nitrogens is 1. The minimum Gasteiger partial charge on any atom is -0.494 e. The third-order valence-corrected chi connectivity index (χ3v) is 7.03. The fourth-order valence-electron chi connectivity index (χ4n) is 4.94. The van der Waals surface area contributed by atoms with E-state index in [0.29, 0.717) is 30.1 Å². The predicted molar refractivity (Wildman–Crippen MR) is 145 cm³/mol.